The zero-order valence-electron chi connectivity index (χ0n) is 9.29. The molecule has 0 spiro atoms. The highest BCUT2D eigenvalue weighted by Gasteiger charge is 2.23. The molecular weight excluding hydrogens is 228 g/mol. The van der Waals surface area contributed by atoms with Crippen LogP contribution in [0.1, 0.15) is 9.67 Å². The molecule has 0 N–H and O–H groups in total. The third-order valence-corrected chi connectivity index (χ3v) is 6.63. The Balaban J connectivity index is 2.95. The number of esters is 1. The van der Waals surface area contributed by atoms with Gasteiger partial charge in [0.25, 0.3) is 5.78 Å². The van der Waals surface area contributed by atoms with Gasteiger partial charge in [0.2, 0.25) is 0 Å². The molecule has 0 unspecified atom stereocenters. The number of carbonyl (C=O) groups is 2. The van der Waals surface area contributed by atoms with Crippen molar-refractivity contribution in [2.24, 2.45) is 0 Å². The molecule has 1 heterocycles. The molecule has 0 bridgehead atoms. The van der Waals surface area contributed by atoms with E-state index in [1.807, 2.05) is 6.07 Å². The molecular formula is C10H14O3SSi. The van der Waals surface area contributed by atoms with E-state index in [2.05, 4.69) is 24.4 Å². The minimum absolute atomic E-state index is 0.472. The Morgan fingerprint density at radius 1 is 1.27 bits per heavy atom. The van der Waals surface area contributed by atoms with Crippen LogP contribution in [-0.2, 0) is 9.53 Å². The Labute approximate surface area is 94.1 Å². The summed E-state index contributed by atoms with van der Waals surface area (Å²) in [4.78, 5) is 23.0. The zero-order chi connectivity index (χ0) is 11.6. The van der Waals surface area contributed by atoms with E-state index in [4.69, 9.17) is 0 Å². The fourth-order valence-electron chi connectivity index (χ4n) is 1.06. The maximum Gasteiger partial charge on any atom is 0.380 e. The average Bonchev–Trinajstić information content (AvgIpc) is 2.63. The van der Waals surface area contributed by atoms with E-state index in [1.165, 1.54) is 22.9 Å². The highest BCUT2D eigenvalue weighted by atomic mass is 32.1. The molecule has 0 aromatic carbocycles. The van der Waals surface area contributed by atoms with Crippen molar-refractivity contribution in [2.45, 2.75) is 19.6 Å². The van der Waals surface area contributed by atoms with E-state index in [0.717, 1.165) is 0 Å². The number of hydrogen-bond donors (Lipinski definition) is 0. The molecule has 0 fully saturated rings. The van der Waals surface area contributed by atoms with Crippen LogP contribution < -0.4 is 4.50 Å². The number of hydrogen-bond acceptors (Lipinski definition) is 4. The second-order valence-corrected chi connectivity index (χ2v) is 10.7. The van der Waals surface area contributed by atoms with Crippen LogP contribution in [0.2, 0.25) is 19.6 Å². The van der Waals surface area contributed by atoms with E-state index in [-0.39, 0.29) is 0 Å². The van der Waals surface area contributed by atoms with Gasteiger partial charge in [0.05, 0.1) is 20.1 Å². The van der Waals surface area contributed by atoms with Crippen LogP contribution in [0.4, 0.5) is 0 Å². The van der Waals surface area contributed by atoms with Gasteiger partial charge in [-0.2, -0.15) is 0 Å². The minimum atomic E-state index is -1.39. The van der Waals surface area contributed by atoms with Gasteiger partial charge in [-0.3, -0.25) is 4.79 Å². The Kier molecular flexibility index (Phi) is 3.46. The fourth-order valence-corrected chi connectivity index (χ4v) is 3.88. The summed E-state index contributed by atoms with van der Waals surface area (Å²) in [6.45, 7) is 6.60. The minimum Gasteiger partial charge on any atom is -0.463 e. The second kappa shape index (κ2) is 4.28. The fraction of sp³-hybridized carbons (Fsp3) is 0.400. The molecule has 0 atom stereocenters. The summed E-state index contributed by atoms with van der Waals surface area (Å²) in [5.74, 6) is -1.34. The second-order valence-electron chi connectivity index (χ2n) is 4.23. The predicted molar refractivity (Wildman–Crippen MR) is 63.6 cm³/mol. The van der Waals surface area contributed by atoms with Gasteiger partial charge in [0.1, 0.15) is 0 Å². The van der Waals surface area contributed by atoms with E-state index >= 15 is 0 Å². The van der Waals surface area contributed by atoms with Gasteiger partial charge in [0, 0.05) is 0 Å². The monoisotopic (exact) mass is 242 g/mol. The van der Waals surface area contributed by atoms with Crippen molar-refractivity contribution in [3.05, 3.63) is 17.0 Å². The molecule has 0 saturated heterocycles. The summed E-state index contributed by atoms with van der Waals surface area (Å²) in [7, 11) is -0.174. The molecule has 15 heavy (non-hydrogen) atoms. The van der Waals surface area contributed by atoms with Gasteiger partial charge in [-0.1, -0.05) is 25.7 Å². The summed E-state index contributed by atoms with van der Waals surface area (Å²) in [5.41, 5.74) is 0. The highest BCUT2D eigenvalue weighted by Crippen LogP contribution is 2.14. The zero-order valence-corrected chi connectivity index (χ0v) is 11.1. The molecule has 0 aliphatic carbocycles. The molecule has 1 aromatic heterocycles. The van der Waals surface area contributed by atoms with Crippen LogP contribution in [0.15, 0.2) is 12.1 Å². The Morgan fingerprint density at radius 3 is 2.27 bits per heavy atom. The third kappa shape index (κ3) is 2.76. The van der Waals surface area contributed by atoms with Crippen molar-refractivity contribution < 1.29 is 14.3 Å². The lowest BCUT2D eigenvalue weighted by Gasteiger charge is -2.12. The Bertz CT molecular complexity index is 390. The van der Waals surface area contributed by atoms with Crippen molar-refractivity contribution >= 4 is 35.7 Å². The van der Waals surface area contributed by atoms with Gasteiger partial charge >= 0.3 is 5.97 Å². The third-order valence-electron chi connectivity index (χ3n) is 1.94. The largest absolute Gasteiger partial charge is 0.463 e. The summed E-state index contributed by atoms with van der Waals surface area (Å²) >= 11 is 1.40. The lowest BCUT2D eigenvalue weighted by molar-refractivity contribution is -0.135. The number of ether oxygens (including phenoxy) is 1. The van der Waals surface area contributed by atoms with Gasteiger partial charge < -0.3 is 4.74 Å². The molecule has 0 saturated carbocycles. The summed E-state index contributed by atoms with van der Waals surface area (Å²) in [5, 5.41) is 0. The summed E-state index contributed by atoms with van der Waals surface area (Å²) in [6, 6.07) is 3.64. The number of rotatable bonds is 3. The maximum atomic E-state index is 11.5. The number of carbonyl (C=O) groups excluding carboxylic acids is 2. The van der Waals surface area contributed by atoms with Crippen molar-refractivity contribution in [1.29, 1.82) is 0 Å². The molecule has 1 aromatic rings. The maximum absolute atomic E-state index is 11.5. The molecule has 0 aliphatic heterocycles. The normalized spacial score (nSPS) is 11.2. The number of ketones is 1. The van der Waals surface area contributed by atoms with Crippen molar-refractivity contribution in [1.82, 2.24) is 0 Å². The van der Waals surface area contributed by atoms with Crippen LogP contribution in [0, 0.1) is 0 Å². The van der Waals surface area contributed by atoms with Crippen LogP contribution in [0.3, 0.4) is 0 Å². The Morgan fingerprint density at radius 2 is 1.87 bits per heavy atom. The van der Waals surface area contributed by atoms with E-state index in [1.54, 1.807) is 6.07 Å². The van der Waals surface area contributed by atoms with Crippen molar-refractivity contribution in [2.75, 3.05) is 7.11 Å². The van der Waals surface area contributed by atoms with Crippen molar-refractivity contribution in [3.63, 3.8) is 0 Å². The standard InChI is InChI=1S/C10H14O3SSi/c1-13-10(12)9(11)7-5-6-8(14-7)15(2,3)4/h5-6H,1-4H3. The number of Topliss-reactive ketones (excluding diaryl/α,β-unsaturated/α-hetero) is 1. The van der Waals surface area contributed by atoms with Gasteiger partial charge in [-0.05, 0) is 10.6 Å². The first-order valence-electron chi connectivity index (χ1n) is 4.59. The molecule has 1 rings (SSSR count). The number of thiophene rings is 1. The smallest absolute Gasteiger partial charge is 0.380 e. The van der Waals surface area contributed by atoms with Gasteiger partial charge in [-0.15, -0.1) is 11.3 Å². The van der Waals surface area contributed by atoms with Crippen LogP contribution >= 0.6 is 11.3 Å². The van der Waals surface area contributed by atoms with E-state index in [0.29, 0.717) is 4.88 Å². The van der Waals surface area contributed by atoms with E-state index in [9.17, 15) is 9.59 Å². The Hall–Kier alpha value is -0.943. The molecule has 0 aliphatic rings. The number of methoxy groups -OCH3 is 1. The topological polar surface area (TPSA) is 43.4 Å². The predicted octanol–water partition coefficient (Wildman–Crippen LogP) is 1.65. The molecule has 0 radical (unpaired) electrons. The first-order valence-corrected chi connectivity index (χ1v) is 8.91. The molecule has 5 heteroatoms. The molecule has 3 nitrogen and oxygen atoms in total. The summed E-state index contributed by atoms with van der Waals surface area (Å²) < 4.78 is 5.61. The van der Waals surface area contributed by atoms with E-state index < -0.39 is 19.8 Å². The lowest BCUT2D eigenvalue weighted by Crippen LogP contribution is -2.34. The first-order chi connectivity index (χ1) is 6.86. The first kappa shape index (κ1) is 12.1. The average molecular weight is 242 g/mol. The summed E-state index contributed by atoms with van der Waals surface area (Å²) in [6.07, 6.45) is 0. The lowest BCUT2D eigenvalue weighted by atomic mass is 10.3. The highest BCUT2D eigenvalue weighted by molar-refractivity contribution is 7.28. The van der Waals surface area contributed by atoms with Gasteiger partial charge in [0.15, 0.2) is 0 Å². The SMILES string of the molecule is COC(=O)C(=O)c1ccc([Si](C)(C)C)s1. The van der Waals surface area contributed by atoms with Crippen LogP contribution in [0.25, 0.3) is 0 Å². The quantitative estimate of drug-likeness (QED) is 0.350. The molecule has 82 valence electrons. The molecule has 0 amide bonds. The van der Waals surface area contributed by atoms with Gasteiger partial charge in [-0.25, -0.2) is 4.79 Å². The van der Waals surface area contributed by atoms with Crippen molar-refractivity contribution in [3.8, 4) is 0 Å². The van der Waals surface area contributed by atoms with Crippen LogP contribution in [0.5, 0.6) is 0 Å². The van der Waals surface area contributed by atoms with Crippen LogP contribution in [-0.4, -0.2) is 26.9 Å².